The minimum absolute atomic E-state index is 0.619. The van der Waals surface area contributed by atoms with Gasteiger partial charge < -0.3 is 14.0 Å². The first-order valence-corrected chi connectivity index (χ1v) is 16.2. The van der Waals surface area contributed by atoms with Crippen LogP contribution in [0.15, 0.2) is 212 Å². The van der Waals surface area contributed by atoms with E-state index in [-0.39, 0.29) is 0 Å². The summed E-state index contributed by atoms with van der Waals surface area (Å²) in [6.45, 7) is 0. The van der Waals surface area contributed by atoms with E-state index in [4.69, 9.17) is 14.0 Å². The summed E-state index contributed by atoms with van der Waals surface area (Å²) in [4.78, 5) is 0. The van der Waals surface area contributed by atoms with E-state index in [1.807, 2.05) is 140 Å². The second kappa shape index (κ2) is 14.4. The highest BCUT2D eigenvalue weighted by Crippen LogP contribution is 2.45. The van der Waals surface area contributed by atoms with Gasteiger partial charge in [0.2, 0.25) is 0 Å². The van der Waals surface area contributed by atoms with Gasteiger partial charge in [-0.25, -0.2) is 0 Å². The van der Waals surface area contributed by atoms with Gasteiger partial charge in [0.05, 0.1) is 0 Å². The highest BCUT2D eigenvalue weighted by Gasteiger charge is 2.49. The highest BCUT2D eigenvalue weighted by molar-refractivity contribution is 6.38. The van der Waals surface area contributed by atoms with Gasteiger partial charge in [0.15, 0.2) is 0 Å². The maximum absolute atomic E-state index is 7.48. The predicted octanol–water partition coefficient (Wildman–Crippen LogP) is 10.1. The normalized spacial score (nSPS) is 11.5. The van der Waals surface area contributed by atoms with Gasteiger partial charge in [0.25, 0.3) is 0 Å². The molecule has 3 nitrogen and oxygen atoms in total. The zero-order valence-corrected chi connectivity index (χ0v) is 26.5. The highest BCUT2D eigenvalue weighted by atomic mass is 16.7. The van der Waals surface area contributed by atoms with Crippen molar-refractivity contribution < 1.29 is 14.0 Å². The Morgan fingerprint density at radius 1 is 0.271 bits per heavy atom. The van der Waals surface area contributed by atoms with Crippen molar-refractivity contribution >= 4 is 7.32 Å². The van der Waals surface area contributed by atoms with Gasteiger partial charge in [0.1, 0.15) is 17.0 Å². The Hall–Kier alpha value is -5.68. The lowest BCUT2D eigenvalue weighted by Gasteiger charge is -2.41. The molecule has 7 aromatic carbocycles. The molecule has 0 N–H and O–H groups in total. The minimum atomic E-state index is -1.21. The third-order valence-corrected chi connectivity index (χ3v) is 8.60. The van der Waals surface area contributed by atoms with E-state index in [1.54, 1.807) is 0 Å². The van der Waals surface area contributed by atoms with E-state index in [2.05, 4.69) is 72.8 Å². The van der Waals surface area contributed by atoms with Gasteiger partial charge in [-0.2, -0.15) is 0 Å². The van der Waals surface area contributed by atoms with Crippen LogP contribution in [-0.4, -0.2) is 7.32 Å². The van der Waals surface area contributed by atoms with E-state index in [1.165, 1.54) is 0 Å². The number of para-hydroxylation sites is 1. The Labute approximate surface area is 283 Å². The molecule has 7 aromatic rings. The summed E-state index contributed by atoms with van der Waals surface area (Å²) in [5, 5.41) is 0. The Kier molecular flexibility index (Phi) is 9.28. The van der Waals surface area contributed by atoms with E-state index < -0.39 is 18.5 Å². The Bertz CT molecular complexity index is 1650. The van der Waals surface area contributed by atoms with Gasteiger partial charge in [-0.15, -0.1) is 0 Å². The molecule has 0 fully saturated rings. The first kappa shape index (κ1) is 31.0. The fraction of sp³-hybridized carbons (Fsp3) is 0.0455. The number of hydrogen-bond donors (Lipinski definition) is 0. The molecule has 0 aromatic heterocycles. The summed E-state index contributed by atoms with van der Waals surface area (Å²) in [5.74, 6) is 0.619. The SMILES string of the molecule is c1ccc(OB(OC(c2ccccc2)(c2ccccc2)c2ccccc2)OC(c2ccccc2)(c2ccccc2)c2ccccc2)cc1. The van der Waals surface area contributed by atoms with Crippen molar-refractivity contribution in [1.29, 1.82) is 0 Å². The third-order valence-electron chi connectivity index (χ3n) is 8.60. The van der Waals surface area contributed by atoms with Crippen LogP contribution in [0.2, 0.25) is 0 Å². The molecule has 232 valence electrons. The van der Waals surface area contributed by atoms with Crippen molar-refractivity contribution in [1.82, 2.24) is 0 Å². The van der Waals surface area contributed by atoms with Gasteiger partial charge in [-0.3, -0.25) is 0 Å². The van der Waals surface area contributed by atoms with Crippen LogP contribution < -0.4 is 4.65 Å². The minimum Gasteiger partial charge on any atom is -0.512 e. The number of hydrogen-bond acceptors (Lipinski definition) is 3. The first-order chi connectivity index (χ1) is 23.8. The van der Waals surface area contributed by atoms with Crippen LogP contribution >= 0.6 is 0 Å². The Balaban J connectivity index is 1.49. The zero-order valence-electron chi connectivity index (χ0n) is 26.5. The molecule has 0 heterocycles. The molecule has 0 aliphatic carbocycles. The maximum atomic E-state index is 7.48. The van der Waals surface area contributed by atoms with Crippen molar-refractivity contribution in [2.75, 3.05) is 0 Å². The fourth-order valence-electron chi connectivity index (χ4n) is 6.42. The van der Waals surface area contributed by atoms with Gasteiger partial charge >= 0.3 is 7.32 Å². The van der Waals surface area contributed by atoms with Crippen LogP contribution in [-0.2, 0) is 20.5 Å². The molecular formula is C44H35BO3. The quantitative estimate of drug-likeness (QED) is 0.100. The standard InChI is InChI=1S/C44H35BO3/c1-8-22-36(23-9-1)43(37-24-10-2-11-25-37,38-26-12-3-13-27-38)47-45(46-42-34-20-7-21-35-42)48-44(39-28-14-4-15-29-39,40-30-16-5-17-31-40)41-32-18-6-19-33-41/h1-35H. The molecule has 0 unspecified atom stereocenters. The van der Waals surface area contributed by atoms with Crippen LogP contribution in [0, 0.1) is 0 Å². The lowest BCUT2D eigenvalue weighted by Crippen LogP contribution is -2.48. The summed E-state index contributed by atoms with van der Waals surface area (Å²) in [7, 11) is -1.21. The Morgan fingerprint density at radius 2 is 0.479 bits per heavy atom. The largest absolute Gasteiger partial charge is 0.715 e. The summed E-state index contributed by atoms with van der Waals surface area (Å²) < 4.78 is 21.8. The maximum Gasteiger partial charge on any atom is 0.715 e. The smallest absolute Gasteiger partial charge is 0.512 e. The topological polar surface area (TPSA) is 27.7 Å². The summed E-state index contributed by atoms with van der Waals surface area (Å²) in [6.07, 6.45) is 0. The lowest BCUT2D eigenvalue weighted by molar-refractivity contribution is 0.0180. The molecule has 0 radical (unpaired) electrons. The predicted molar refractivity (Wildman–Crippen MR) is 193 cm³/mol. The van der Waals surface area contributed by atoms with E-state index >= 15 is 0 Å². The van der Waals surface area contributed by atoms with Gasteiger partial charge in [-0.05, 0) is 45.5 Å². The summed E-state index contributed by atoms with van der Waals surface area (Å²) >= 11 is 0. The van der Waals surface area contributed by atoms with Crippen molar-refractivity contribution in [3.05, 3.63) is 246 Å². The zero-order chi connectivity index (χ0) is 32.5. The fourth-order valence-corrected chi connectivity index (χ4v) is 6.42. The molecule has 7 rings (SSSR count). The van der Waals surface area contributed by atoms with Gasteiger partial charge in [-0.1, -0.05) is 200 Å². The van der Waals surface area contributed by atoms with Crippen LogP contribution in [0.3, 0.4) is 0 Å². The van der Waals surface area contributed by atoms with Crippen molar-refractivity contribution in [3.63, 3.8) is 0 Å². The molecule has 0 aliphatic heterocycles. The molecule has 0 saturated heterocycles. The van der Waals surface area contributed by atoms with Crippen LogP contribution in [0.1, 0.15) is 33.4 Å². The first-order valence-electron chi connectivity index (χ1n) is 16.2. The van der Waals surface area contributed by atoms with Gasteiger partial charge in [0, 0.05) is 0 Å². The number of benzene rings is 7. The Morgan fingerprint density at radius 3 is 0.708 bits per heavy atom. The van der Waals surface area contributed by atoms with Crippen LogP contribution in [0.5, 0.6) is 5.75 Å². The van der Waals surface area contributed by atoms with Crippen LogP contribution in [0.25, 0.3) is 0 Å². The van der Waals surface area contributed by atoms with Crippen LogP contribution in [0.4, 0.5) is 0 Å². The summed E-state index contributed by atoms with van der Waals surface area (Å²) in [6, 6.07) is 71.4. The lowest BCUT2D eigenvalue weighted by atomic mass is 9.77. The third kappa shape index (κ3) is 6.20. The molecular weight excluding hydrogens is 587 g/mol. The molecule has 0 saturated carbocycles. The second-order valence-corrected chi connectivity index (χ2v) is 11.5. The average molecular weight is 623 g/mol. The van der Waals surface area contributed by atoms with E-state index in [0.717, 1.165) is 33.4 Å². The second-order valence-electron chi connectivity index (χ2n) is 11.5. The summed E-state index contributed by atoms with van der Waals surface area (Å²) in [5.41, 5.74) is 3.43. The average Bonchev–Trinajstić information content (AvgIpc) is 3.18. The molecule has 0 atom stereocenters. The molecule has 0 spiro atoms. The van der Waals surface area contributed by atoms with E-state index in [9.17, 15) is 0 Å². The number of rotatable bonds is 12. The molecule has 4 heteroatoms. The molecule has 48 heavy (non-hydrogen) atoms. The molecule has 0 aliphatic rings. The molecule has 0 amide bonds. The molecule has 0 bridgehead atoms. The van der Waals surface area contributed by atoms with Crippen molar-refractivity contribution in [2.24, 2.45) is 0 Å². The van der Waals surface area contributed by atoms with E-state index in [0.29, 0.717) is 5.75 Å². The van der Waals surface area contributed by atoms with Crippen molar-refractivity contribution in [3.8, 4) is 5.75 Å². The van der Waals surface area contributed by atoms with Crippen molar-refractivity contribution in [2.45, 2.75) is 11.2 Å². The monoisotopic (exact) mass is 622 g/mol.